The van der Waals surface area contributed by atoms with Gasteiger partial charge in [-0.05, 0) is 38.8 Å². The van der Waals surface area contributed by atoms with Crippen LogP contribution in [-0.4, -0.2) is 47.5 Å². The van der Waals surface area contributed by atoms with E-state index in [1.54, 1.807) is 46.2 Å². The smallest absolute Gasteiger partial charge is 0.408 e. The van der Waals surface area contributed by atoms with E-state index in [1.165, 1.54) is 11.8 Å². The lowest BCUT2D eigenvalue weighted by atomic mass is 10.1. The van der Waals surface area contributed by atoms with Gasteiger partial charge >= 0.3 is 6.09 Å². The molecule has 1 unspecified atom stereocenters. The van der Waals surface area contributed by atoms with Gasteiger partial charge in [-0.2, -0.15) is 0 Å². The van der Waals surface area contributed by atoms with Crippen molar-refractivity contribution in [3.8, 4) is 0 Å². The van der Waals surface area contributed by atoms with Crippen molar-refractivity contribution in [2.24, 2.45) is 0 Å². The van der Waals surface area contributed by atoms with Crippen LogP contribution in [0.3, 0.4) is 0 Å². The molecule has 0 aliphatic carbocycles. The van der Waals surface area contributed by atoms with Gasteiger partial charge in [0.1, 0.15) is 17.7 Å². The van der Waals surface area contributed by atoms with Crippen LogP contribution >= 0.6 is 0 Å². The van der Waals surface area contributed by atoms with Crippen LogP contribution < -0.4 is 10.6 Å². The summed E-state index contributed by atoms with van der Waals surface area (Å²) in [5, 5.41) is 5.13. The predicted molar refractivity (Wildman–Crippen MR) is 107 cm³/mol. The van der Waals surface area contributed by atoms with Crippen molar-refractivity contribution in [3.05, 3.63) is 54.2 Å². The molecule has 7 heteroatoms. The first-order chi connectivity index (χ1) is 13.1. The number of carbonyl (C=O) groups is 3. The summed E-state index contributed by atoms with van der Waals surface area (Å²) >= 11 is 0. The average molecular weight is 385 g/mol. The topological polar surface area (TPSA) is 87.7 Å². The first kappa shape index (κ1) is 21.2. The maximum Gasteiger partial charge on any atom is 0.408 e. The first-order valence-corrected chi connectivity index (χ1v) is 9.09. The maximum absolute atomic E-state index is 12.6. The predicted octanol–water partition coefficient (Wildman–Crippen LogP) is 2.45. The minimum absolute atomic E-state index is 0.278. The molecule has 3 amide bonds. The van der Waals surface area contributed by atoms with E-state index in [0.29, 0.717) is 0 Å². The second-order valence-electron chi connectivity index (χ2n) is 7.61. The molecular weight excluding hydrogens is 358 g/mol. The second-order valence-corrected chi connectivity index (χ2v) is 7.61. The van der Waals surface area contributed by atoms with Gasteiger partial charge in [-0.15, -0.1) is 0 Å². The minimum Gasteiger partial charge on any atom is -0.444 e. The zero-order valence-electron chi connectivity index (χ0n) is 16.9. The van der Waals surface area contributed by atoms with E-state index in [1.807, 2.05) is 30.3 Å². The number of alkyl carbamates (subject to hydrolysis) is 1. The van der Waals surface area contributed by atoms with Gasteiger partial charge in [0, 0.05) is 13.2 Å². The largest absolute Gasteiger partial charge is 0.444 e. The third kappa shape index (κ3) is 5.97. The van der Waals surface area contributed by atoms with Crippen LogP contribution in [0.2, 0.25) is 0 Å². The van der Waals surface area contributed by atoms with E-state index in [2.05, 4.69) is 10.6 Å². The average Bonchev–Trinajstić information content (AvgIpc) is 2.74. The zero-order chi connectivity index (χ0) is 20.9. The van der Waals surface area contributed by atoms with E-state index in [-0.39, 0.29) is 5.91 Å². The van der Waals surface area contributed by atoms with E-state index in [0.717, 1.165) is 11.1 Å². The number of hydrogen-bond acceptors (Lipinski definition) is 4. The molecule has 0 fully saturated rings. The molecule has 28 heavy (non-hydrogen) atoms. The molecule has 1 aliphatic heterocycles. The Bertz CT molecular complexity index is 794. The number of hydrogen-bond donors (Lipinski definition) is 2. The number of carbonyl (C=O) groups excluding carboxylic acids is 3. The van der Waals surface area contributed by atoms with Gasteiger partial charge < -0.3 is 20.3 Å². The number of allylic oxidation sites excluding steroid dienone is 2. The highest BCUT2D eigenvalue weighted by atomic mass is 16.6. The van der Waals surface area contributed by atoms with Crippen molar-refractivity contribution in [2.45, 2.75) is 45.4 Å². The Morgan fingerprint density at radius 1 is 1.18 bits per heavy atom. The Labute approximate surface area is 165 Å². The summed E-state index contributed by atoms with van der Waals surface area (Å²) in [5.74, 6) is -0.759. The molecule has 2 atom stereocenters. The molecule has 1 heterocycles. The van der Waals surface area contributed by atoms with Crippen molar-refractivity contribution < 1.29 is 19.1 Å². The van der Waals surface area contributed by atoms with E-state index in [4.69, 9.17) is 4.74 Å². The van der Waals surface area contributed by atoms with Gasteiger partial charge in [0.05, 0.1) is 0 Å². The molecule has 1 aliphatic rings. The Kier molecular flexibility index (Phi) is 6.62. The van der Waals surface area contributed by atoms with Gasteiger partial charge in [-0.25, -0.2) is 4.79 Å². The van der Waals surface area contributed by atoms with Crippen molar-refractivity contribution in [3.63, 3.8) is 0 Å². The van der Waals surface area contributed by atoms with Crippen LogP contribution in [0.1, 0.15) is 33.3 Å². The second kappa shape index (κ2) is 8.73. The Morgan fingerprint density at radius 2 is 1.82 bits per heavy atom. The molecule has 0 saturated carbocycles. The van der Waals surface area contributed by atoms with E-state index < -0.39 is 29.7 Å². The summed E-state index contributed by atoms with van der Waals surface area (Å²) < 4.78 is 5.14. The van der Waals surface area contributed by atoms with Crippen LogP contribution in [0, 0.1) is 0 Å². The monoisotopic (exact) mass is 385 g/mol. The summed E-state index contributed by atoms with van der Waals surface area (Å²) in [4.78, 5) is 38.3. The lowest BCUT2D eigenvalue weighted by molar-refractivity contribution is -0.132. The Hall–Kier alpha value is -3.09. The number of benzene rings is 1. The third-order valence-electron chi connectivity index (χ3n) is 3.95. The number of likely N-dealkylation sites (N-methyl/N-ethyl adjacent to an activating group) is 1. The highest BCUT2D eigenvalue weighted by Gasteiger charge is 2.27. The van der Waals surface area contributed by atoms with Crippen LogP contribution in [0.25, 0.3) is 5.57 Å². The quantitative estimate of drug-likeness (QED) is 0.833. The van der Waals surface area contributed by atoms with Crippen molar-refractivity contribution in [1.82, 2.24) is 15.5 Å². The van der Waals surface area contributed by atoms with E-state index in [9.17, 15) is 14.4 Å². The SMILES string of the molecule is CC(NC(=O)OC(C)(C)C)C(=O)N[C@H]1C=CC(c2ccccc2)=CN(C)C1=O. The molecule has 0 saturated heterocycles. The summed E-state index contributed by atoms with van der Waals surface area (Å²) in [6.07, 6.45) is 4.47. The summed E-state index contributed by atoms with van der Waals surface area (Å²) in [6.45, 7) is 6.74. The van der Waals surface area contributed by atoms with Crippen LogP contribution in [0.5, 0.6) is 0 Å². The lowest BCUT2D eigenvalue weighted by Gasteiger charge is -2.23. The molecule has 0 bridgehead atoms. The number of nitrogens with one attached hydrogen (secondary N) is 2. The minimum atomic E-state index is -0.855. The van der Waals surface area contributed by atoms with Gasteiger partial charge in [-0.3, -0.25) is 9.59 Å². The van der Waals surface area contributed by atoms with Gasteiger partial charge in [0.25, 0.3) is 5.91 Å². The molecule has 1 aromatic carbocycles. The molecule has 150 valence electrons. The summed E-state index contributed by atoms with van der Waals surface area (Å²) in [7, 11) is 1.64. The normalized spacial score (nSPS) is 18.0. The fraction of sp³-hybridized carbons (Fsp3) is 0.381. The molecule has 0 radical (unpaired) electrons. The molecule has 2 N–H and O–H groups in total. The fourth-order valence-corrected chi connectivity index (χ4v) is 2.56. The third-order valence-corrected chi connectivity index (χ3v) is 3.95. The number of ether oxygens (including phenoxy) is 1. The van der Waals surface area contributed by atoms with Gasteiger partial charge in [0.15, 0.2) is 0 Å². The standard InChI is InChI=1S/C21H27N3O4/c1-14(22-20(27)28-21(2,3)4)18(25)23-17-12-11-16(13-24(5)19(17)26)15-9-7-6-8-10-15/h6-14,17H,1-5H3,(H,22,27)(H,23,25)/t14?,17-/m0/s1. The molecule has 1 aromatic rings. The maximum atomic E-state index is 12.6. The number of rotatable bonds is 4. The van der Waals surface area contributed by atoms with Gasteiger partial charge in [-0.1, -0.05) is 42.5 Å². The van der Waals surface area contributed by atoms with Crippen LogP contribution in [-0.2, 0) is 14.3 Å². The first-order valence-electron chi connectivity index (χ1n) is 9.09. The van der Waals surface area contributed by atoms with Crippen molar-refractivity contribution in [2.75, 3.05) is 7.05 Å². The Balaban J connectivity index is 2.04. The van der Waals surface area contributed by atoms with Crippen molar-refractivity contribution >= 4 is 23.5 Å². The Morgan fingerprint density at radius 3 is 2.43 bits per heavy atom. The molecule has 2 rings (SSSR count). The highest BCUT2D eigenvalue weighted by molar-refractivity contribution is 5.94. The summed E-state index contributed by atoms with van der Waals surface area (Å²) in [5.41, 5.74) is 1.15. The number of amides is 3. The summed E-state index contributed by atoms with van der Waals surface area (Å²) in [6, 6.07) is 7.95. The van der Waals surface area contributed by atoms with Gasteiger partial charge in [0.2, 0.25) is 5.91 Å². The molecule has 0 aromatic heterocycles. The fourth-order valence-electron chi connectivity index (χ4n) is 2.56. The molecule has 0 spiro atoms. The van der Waals surface area contributed by atoms with Crippen LogP contribution in [0.15, 0.2) is 48.7 Å². The lowest BCUT2D eigenvalue weighted by Crippen LogP contribution is -2.52. The van der Waals surface area contributed by atoms with E-state index >= 15 is 0 Å². The molecule has 7 nitrogen and oxygen atoms in total. The molecular formula is C21H27N3O4. The van der Waals surface area contributed by atoms with Crippen LogP contribution in [0.4, 0.5) is 4.79 Å². The highest BCUT2D eigenvalue weighted by Crippen LogP contribution is 2.19. The number of nitrogens with zero attached hydrogens (tertiary/aromatic N) is 1. The van der Waals surface area contributed by atoms with Crippen molar-refractivity contribution in [1.29, 1.82) is 0 Å². The zero-order valence-corrected chi connectivity index (χ0v) is 16.9.